The van der Waals surface area contributed by atoms with Gasteiger partial charge in [0, 0.05) is 30.1 Å². The minimum absolute atomic E-state index is 0.361. The molecule has 0 fully saturated rings. The summed E-state index contributed by atoms with van der Waals surface area (Å²) < 4.78 is 1.11. The largest absolute Gasteiger partial charge is 0.427 e. The average Bonchev–Trinajstić information content (AvgIpc) is 3.19. The van der Waals surface area contributed by atoms with E-state index in [0.29, 0.717) is 34.9 Å². The zero-order valence-corrected chi connectivity index (χ0v) is 18.0. The molecule has 5 aromatic rings. The predicted octanol–water partition coefficient (Wildman–Crippen LogP) is 4.82. The molecule has 0 atom stereocenters. The van der Waals surface area contributed by atoms with Crippen LogP contribution in [-0.2, 0) is 12.8 Å². The number of aromatic nitrogens is 5. The molecule has 33 heavy (non-hydrogen) atoms. The van der Waals surface area contributed by atoms with Gasteiger partial charge in [0.15, 0.2) is 0 Å². The lowest BCUT2D eigenvalue weighted by atomic mass is 10.1. The second-order valence-electron chi connectivity index (χ2n) is 7.65. The maximum Gasteiger partial charge on any atom is 0.150 e. The minimum Gasteiger partial charge on any atom is -0.427 e. The third kappa shape index (κ3) is 3.90. The Bertz CT molecular complexity index is 1520. The number of nitriles is 1. The summed E-state index contributed by atoms with van der Waals surface area (Å²) in [6, 6.07) is 20.9. The van der Waals surface area contributed by atoms with Crippen molar-refractivity contribution in [2.24, 2.45) is 0 Å². The van der Waals surface area contributed by atoms with E-state index in [1.807, 2.05) is 55.5 Å². The fourth-order valence-electron chi connectivity index (χ4n) is 3.86. The van der Waals surface area contributed by atoms with Gasteiger partial charge in [-0.25, -0.2) is 4.98 Å². The van der Waals surface area contributed by atoms with Crippen molar-refractivity contribution >= 4 is 11.0 Å². The average molecular weight is 432 g/mol. The van der Waals surface area contributed by atoms with Crippen molar-refractivity contribution in [1.29, 1.82) is 5.26 Å². The van der Waals surface area contributed by atoms with E-state index in [4.69, 9.17) is 9.97 Å². The molecule has 3 aromatic heterocycles. The zero-order valence-electron chi connectivity index (χ0n) is 18.0. The third-order valence-corrected chi connectivity index (χ3v) is 5.49. The van der Waals surface area contributed by atoms with Gasteiger partial charge in [0.2, 0.25) is 0 Å². The van der Waals surface area contributed by atoms with Crippen molar-refractivity contribution in [2.45, 2.75) is 19.8 Å². The van der Waals surface area contributed by atoms with E-state index in [1.54, 1.807) is 24.5 Å². The maximum atomic E-state index is 11.2. The number of imidazole rings is 1. The molecular formula is C26H20N6O. The van der Waals surface area contributed by atoms with E-state index in [2.05, 4.69) is 16.0 Å². The number of aryl methyl sites for hydroxylation is 1. The monoisotopic (exact) mass is 432 g/mol. The summed E-state index contributed by atoms with van der Waals surface area (Å²) in [6.45, 7) is 2.04. The van der Waals surface area contributed by atoms with Crippen LogP contribution in [0.15, 0.2) is 73.1 Å². The highest BCUT2D eigenvalue weighted by atomic mass is 16.5. The topological polar surface area (TPSA) is 101 Å². The van der Waals surface area contributed by atoms with Gasteiger partial charge in [-0.15, -0.1) is 0 Å². The Morgan fingerprint density at radius 3 is 2.58 bits per heavy atom. The quantitative estimate of drug-likeness (QED) is 0.400. The van der Waals surface area contributed by atoms with Gasteiger partial charge in [0.1, 0.15) is 17.2 Å². The van der Waals surface area contributed by atoms with Gasteiger partial charge in [-0.3, -0.25) is 15.0 Å². The van der Waals surface area contributed by atoms with Crippen LogP contribution in [0.3, 0.4) is 0 Å². The predicted molar refractivity (Wildman–Crippen MR) is 125 cm³/mol. The normalized spacial score (nSPS) is 10.9. The summed E-state index contributed by atoms with van der Waals surface area (Å²) in [5, 5.41) is 20.4. The maximum absolute atomic E-state index is 11.2. The molecule has 0 bridgehead atoms. The fourth-order valence-corrected chi connectivity index (χ4v) is 3.86. The molecule has 0 unspecified atom stereocenters. The molecule has 7 nitrogen and oxygen atoms in total. The summed E-state index contributed by atoms with van der Waals surface area (Å²) >= 11 is 0. The van der Waals surface area contributed by atoms with E-state index in [9.17, 15) is 10.5 Å². The lowest BCUT2D eigenvalue weighted by Crippen LogP contribution is -2.03. The SMILES string of the molecule is CCc1cccc(-c2c(-c3ccc4nccnc4c3)nc(Cc3cccc(C#N)c3)n2O)n1. The molecule has 3 heterocycles. The number of rotatable bonds is 5. The molecule has 0 saturated heterocycles. The Kier molecular flexibility index (Phi) is 5.25. The van der Waals surface area contributed by atoms with Crippen molar-refractivity contribution in [3.8, 4) is 28.7 Å². The second-order valence-corrected chi connectivity index (χ2v) is 7.65. The molecule has 0 radical (unpaired) electrons. The van der Waals surface area contributed by atoms with Crippen LogP contribution in [0.1, 0.15) is 29.6 Å². The molecule has 5 rings (SSSR count). The van der Waals surface area contributed by atoms with Gasteiger partial charge in [-0.05, 0) is 48.4 Å². The highest BCUT2D eigenvalue weighted by molar-refractivity contribution is 5.84. The summed E-state index contributed by atoms with van der Waals surface area (Å²) in [7, 11) is 0. The van der Waals surface area contributed by atoms with Crippen LogP contribution in [0, 0.1) is 11.3 Å². The van der Waals surface area contributed by atoms with Gasteiger partial charge in [-0.1, -0.05) is 31.2 Å². The van der Waals surface area contributed by atoms with Crippen LogP contribution in [0.4, 0.5) is 0 Å². The standard InChI is InChI=1S/C26H20N6O/c1-2-20-7-4-8-22(30-20)26-25(19-9-10-21-23(15-19)29-12-11-28-21)31-24(32(26)33)14-17-5-3-6-18(13-17)16-27/h3-13,15,33H,2,14H2,1H3. The number of hydrogen-bond donors (Lipinski definition) is 1. The zero-order chi connectivity index (χ0) is 22.8. The second kappa shape index (κ2) is 8.52. The minimum atomic E-state index is 0.361. The number of nitrogens with zero attached hydrogens (tertiary/aromatic N) is 6. The van der Waals surface area contributed by atoms with Gasteiger partial charge in [0.25, 0.3) is 0 Å². The van der Waals surface area contributed by atoms with E-state index >= 15 is 0 Å². The first-order valence-electron chi connectivity index (χ1n) is 10.6. The van der Waals surface area contributed by atoms with Gasteiger partial charge >= 0.3 is 0 Å². The first-order valence-corrected chi connectivity index (χ1v) is 10.6. The van der Waals surface area contributed by atoms with Crippen LogP contribution in [0.5, 0.6) is 0 Å². The summed E-state index contributed by atoms with van der Waals surface area (Å²) in [4.78, 5) is 18.3. The summed E-state index contributed by atoms with van der Waals surface area (Å²) in [6.07, 6.45) is 4.45. The molecule has 2 aromatic carbocycles. The van der Waals surface area contributed by atoms with Crippen molar-refractivity contribution in [3.05, 3.63) is 95.7 Å². The molecule has 0 spiro atoms. The van der Waals surface area contributed by atoms with Crippen molar-refractivity contribution in [2.75, 3.05) is 0 Å². The van der Waals surface area contributed by atoms with Crippen LogP contribution in [0.25, 0.3) is 33.7 Å². The Balaban J connectivity index is 1.68. The van der Waals surface area contributed by atoms with Crippen LogP contribution in [-0.4, -0.2) is 29.9 Å². The highest BCUT2D eigenvalue weighted by Gasteiger charge is 2.22. The highest BCUT2D eigenvalue weighted by Crippen LogP contribution is 2.33. The fraction of sp³-hybridized carbons (Fsp3) is 0.115. The van der Waals surface area contributed by atoms with Gasteiger partial charge < -0.3 is 5.21 Å². The first kappa shape index (κ1) is 20.3. The van der Waals surface area contributed by atoms with E-state index in [0.717, 1.165) is 39.0 Å². The number of fused-ring (bicyclic) bond motifs is 1. The molecule has 1 N–H and O–H groups in total. The molecule has 7 heteroatoms. The number of benzene rings is 2. The third-order valence-electron chi connectivity index (χ3n) is 5.49. The first-order chi connectivity index (χ1) is 16.2. The Hall–Kier alpha value is -4.57. The Morgan fingerprint density at radius 1 is 0.939 bits per heavy atom. The van der Waals surface area contributed by atoms with Crippen molar-refractivity contribution in [3.63, 3.8) is 0 Å². The molecule has 0 saturated carbocycles. The van der Waals surface area contributed by atoms with Crippen LogP contribution >= 0.6 is 0 Å². The van der Waals surface area contributed by atoms with E-state index < -0.39 is 0 Å². The number of hydrogen-bond acceptors (Lipinski definition) is 6. The Morgan fingerprint density at radius 2 is 1.76 bits per heavy atom. The van der Waals surface area contributed by atoms with Crippen LogP contribution in [0.2, 0.25) is 0 Å². The lowest BCUT2D eigenvalue weighted by Gasteiger charge is -2.08. The smallest absolute Gasteiger partial charge is 0.150 e. The van der Waals surface area contributed by atoms with Gasteiger partial charge in [-0.2, -0.15) is 9.99 Å². The van der Waals surface area contributed by atoms with E-state index in [-0.39, 0.29) is 0 Å². The molecule has 160 valence electrons. The Labute approximate surface area is 190 Å². The van der Waals surface area contributed by atoms with Crippen molar-refractivity contribution in [1.82, 2.24) is 24.7 Å². The summed E-state index contributed by atoms with van der Waals surface area (Å²) in [5.74, 6) is 0.457. The summed E-state index contributed by atoms with van der Waals surface area (Å²) in [5.41, 5.74) is 6.46. The molecule has 0 amide bonds. The van der Waals surface area contributed by atoms with E-state index in [1.165, 1.54) is 0 Å². The molecule has 0 aliphatic rings. The molecule has 0 aliphatic heterocycles. The number of pyridine rings is 1. The van der Waals surface area contributed by atoms with Crippen molar-refractivity contribution < 1.29 is 5.21 Å². The molecular weight excluding hydrogens is 412 g/mol. The molecule has 0 aliphatic carbocycles. The lowest BCUT2D eigenvalue weighted by molar-refractivity contribution is 0.181. The van der Waals surface area contributed by atoms with Crippen LogP contribution < -0.4 is 0 Å². The van der Waals surface area contributed by atoms with Gasteiger partial charge in [0.05, 0.1) is 28.4 Å².